The number of hydrogen-bond donors (Lipinski definition) is 1. The lowest BCUT2D eigenvalue weighted by atomic mass is 10.1. The van der Waals surface area contributed by atoms with E-state index < -0.39 is 11.4 Å². The Kier molecular flexibility index (Phi) is 5.00. The normalized spacial score (nSPS) is 11.4. The molecule has 0 aliphatic rings. The van der Waals surface area contributed by atoms with Crippen molar-refractivity contribution in [1.82, 2.24) is 14.5 Å². The highest BCUT2D eigenvalue weighted by Gasteiger charge is 2.16. The summed E-state index contributed by atoms with van der Waals surface area (Å²) in [7, 11) is 0. The first kappa shape index (κ1) is 19.3. The number of aliphatic hydroxyl groups excluding tert-OH is 1. The van der Waals surface area contributed by atoms with Crippen LogP contribution in [-0.4, -0.2) is 19.6 Å². The maximum atomic E-state index is 13.8. The fourth-order valence-corrected chi connectivity index (χ4v) is 3.25. The molecule has 6 nitrogen and oxygen atoms in total. The van der Waals surface area contributed by atoms with Crippen molar-refractivity contribution >= 4 is 34.3 Å². The van der Waals surface area contributed by atoms with Crippen molar-refractivity contribution in [2.75, 3.05) is 0 Å². The lowest BCUT2D eigenvalue weighted by molar-refractivity contribution is 0.511. The van der Waals surface area contributed by atoms with E-state index >= 15 is 0 Å². The molecule has 4 rings (SSSR count). The molecular formula is C22H12ClFN4O2. The van der Waals surface area contributed by atoms with Gasteiger partial charge in [-0.1, -0.05) is 23.7 Å². The number of nitriles is 1. The number of rotatable bonds is 3. The number of aliphatic hydroxyl groups is 1. The van der Waals surface area contributed by atoms with Gasteiger partial charge in [-0.2, -0.15) is 5.26 Å². The van der Waals surface area contributed by atoms with Crippen molar-refractivity contribution < 1.29 is 9.50 Å². The van der Waals surface area contributed by atoms with Gasteiger partial charge in [0.1, 0.15) is 29.2 Å². The van der Waals surface area contributed by atoms with Crippen LogP contribution in [0.15, 0.2) is 65.6 Å². The Labute approximate surface area is 174 Å². The molecule has 0 radical (unpaired) electrons. The second kappa shape index (κ2) is 7.78. The molecule has 4 aromatic rings. The van der Waals surface area contributed by atoms with Crippen LogP contribution < -0.4 is 5.56 Å². The molecule has 1 N–H and O–H groups in total. The van der Waals surface area contributed by atoms with Crippen molar-refractivity contribution in [3.63, 3.8) is 0 Å². The van der Waals surface area contributed by atoms with Crippen LogP contribution in [0, 0.1) is 17.1 Å². The lowest BCUT2D eigenvalue weighted by Gasteiger charge is -2.13. The first-order valence-electron chi connectivity index (χ1n) is 8.73. The van der Waals surface area contributed by atoms with E-state index in [1.807, 2.05) is 6.07 Å². The molecule has 0 aliphatic heterocycles. The maximum absolute atomic E-state index is 13.8. The average Bonchev–Trinajstić information content (AvgIpc) is 2.75. The van der Waals surface area contributed by atoms with Crippen LogP contribution in [0.1, 0.15) is 17.1 Å². The second-order valence-corrected chi connectivity index (χ2v) is 6.67. The number of para-hydroxylation sites is 1. The van der Waals surface area contributed by atoms with Gasteiger partial charge >= 0.3 is 0 Å². The van der Waals surface area contributed by atoms with Crippen LogP contribution in [0.2, 0.25) is 5.02 Å². The summed E-state index contributed by atoms with van der Waals surface area (Å²) in [6.07, 6.45) is 2.65. The van der Waals surface area contributed by atoms with Gasteiger partial charge in [0.05, 0.1) is 27.2 Å². The maximum Gasteiger partial charge on any atom is 0.266 e. The van der Waals surface area contributed by atoms with Gasteiger partial charge in [0, 0.05) is 12.3 Å². The summed E-state index contributed by atoms with van der Waals surface area (Å²) in [4.78, 5) is 21.7. The standard InChI is InChI=1S/C22H12ClFN4O2/c23-16-5-1-2-6-18(16)28-20(11-19(29)21-13(12-25)4-3-9-26-21)27-17-8-7-14(24)10-15(17)22(28)30/h1-11,29H. The highest BCUT2D eigenvalue weighted by atomic mass is 35.5. The smallest absolute Gasteiger partial charge is 0.266 e. The third kappa shape index (κ3) is 3.41. The Balaban J connectivity index is 2.05. The molecule has 2 heterocycles. The average molecular weight is 419 g/mol. The van der Waals surface area contributed by atoms with E-state index in [2.05, 4.69) is 9.97 Å². The van der Waals surface area contributed by atoms with Crippen LogP contribution in [0.25, 0.3) is 28.4 Å². The van der Waals surface area contributed by atoms with Crippen molar-refractivity contribution in [3.8, 4) is 11.8 Å². The molecule has 30 heavy (non-hydrogen) atoms. The highest BCUT2D eigenvalue weighted by Crippen LogP contribution is 2.23. The molecule has 0 bridgehead atoms. The second-order valence-electron chi connectivity index (χ2n) is 6.26. The van der Waals surface area contributed by atoms with Gasteiger partial charge in [-0.05, 0) is 42.5 Å². The van der Waals surface area contributed by atoms with E-state index in [4.69, 9.17) is 11.6 Å². The molecule has 0 fully saturated rings. The number of halogens is 2. The van der Waals surface area contributed by atoms with Crippen LogP contribution in [-0.2, 0) is 0 Å². The minimum absolute atomic E-state index is 0.0409. The Morgan fingerprint density at radius 3 is 2.77 bits per heavy atom. The summed E-state index contributed by atoms with van der Waals surface area (Å²) in [5.74, 6) is -0.897. The molecule has 0 amide bonds. The van der Waals surface area contributed by atoms with Gasteiger partial charge in [0.25, 0.3) is 5.56 Å². The summed E-state index contributed by atoms with van der Waals surface area (Å²) in [6.45, 7) is 0. The number of hydrogen-bond acceptors (Lipinski definition) is 5. The topological polar surface area (TPSA) is 91.8 Å². The molecule has 0 unspecified atom stereocenters. The first-order chi connectivity index (χ1) is 14.5. The third-order valence-electron chi connectivity index (χ3n) is 4.39. The predicted octanol–water partition coefficient (Wildman–Crippen LogP) is 4.50. The quantitative estimate of drug-likeness (QED) is 0.494. The number of nitrogens with zero attached hydrogens (tertiary/aromatic N) is 4. The molecule has 0 atom stereocenters. The van der Waals surface area contributed by atoms with Crippen molar-refractivity contribution in [3.05, 3.63) is 99.1 Å². The minimum Gasteiger partial charge on any atom is -0.505 e. The number of aromatic nitrogens is 3. The molecule has 0 saturated heterocycles. The van der Waals surface area contributed by atoms with E-state index in [1.165, 1.54) is 35.0 Å². The molecule has 0 spiro atoms. The fourth-order valence-electron chi connectivity index (χ4n) is 3.03. The van der Waals surface area contributed by atoms with Crippen LogP contribution in [0.4, 0.5) is 4.39 Å². The Morgan fingerprint density at radius 1 is 1.20 bits per heavy atom. The van der Waals surface area contributed by atoms with Crippen LogP contribution in [0.3, 0.4) is 0 Å². The monoisotopic (exact) mass is 418 g/mol. The summed E-state index contributed by atoms with van der Waals surface area (Å²) in [5.41, 5.74) is 0.182. The molecule has 8 heteroatoms. The number of pyridine rings is 1. The van der Waals surface area contributed by atoms with Crippen LogP contribution >= 0.6 is 11.6 Å². The van der Waals surface area contributed by atoms with Crippen LogP contribution in [0.5, 0.6) is 0 Å². The molecule has 2 aromatic heterocycles. The summed E-state index contributed by atoms with van der Waals surface area (Å²) >= 11 is 6.29. The summed E-state index contributed by atoms with van der Waals surface area (Å²) < 4.78 is 14.9. The lowest BCUT2D eigenvalue weighted by Crippen LogP contribution is -2.23. The van der Waals surface area contributed by atoms with Crippen molar-refractivity contribution in [2.45, 2.75) is 0 Å². The van der Waals surface area contributed by atoms with E-state index in [-0.39, 0.29) is 38.8 Å². The molecule has 0 saturated carbocycles. The molecule has 0 aliphatic carbocycles. The summed E-state index contributed by atoms with van der Waals surface area (Å²) in [5, 5.41) is 20.2. The number of benzene rings is 2. The van der Waals surface area contributed by atoms with Crippen molar-refractivity contribution in [1.29, 1.82) is 5.26 Å². The van der Waals surface area contributed by atoms with Gasteiger partial charge in [0.15, 0.2) is 0 Å². The largest absolute Gasteiger partial charge is 0.505 e. The Hall–Kier alpha value is -4.02. The summed E-state index contributed by atoms with van der Waals surface area (Å²) in [6, 6.07) is 15.3. The van der Waals surface area contributed by atoms with Gasteiger partial charge < -0.3 is 5.11 Å². The number of fused-ring (bicyclic) bond motifs is 1. The zero-order valence-electron chi connectivity index (χ0n) is 15.3. The third-order valence-corrected chi connectivity index (χ3v) is 4.71. The predicted molar refractivity (Wildman–Crippen MR) is 112 cm³/mol. The Morgan fingerprint density at radius 2 is 2.00 bits per heavy atom. The molecule has 2 aromatic carbocycles. The van der Waals surface area contributed by atoms with E-state index in [1.54, 1.807) is 30.3 Å². The van der Waals surface area contributed by atoms with Gasteiger partial charge in [-0.15, -0.1) is 0 Å². The highest BCUT2D eigenvalue weighted by molar-refractivity contribution is 6.32. The zero-order chi connectivity index (χ0) is 21.3. The van der Waals surface area contributed by atoms with Gasteiger partial charge in [-0.25, -0.2) is 9.37 Å². The molecule has 146 valence electrons. The van der Waals surface area contributed by atoms with Gasteiger partial charge in [-0.3, -0.25) is 14.3 Å². The van der Waals surface area contributed by atoms with E-state index in [9.17, 15) is 19.6 Å². The van der Waals surface area contributed by atoms with E-state index in [0.29, 0.717) is 5.69 Å². The molecular weight excluding hydrogens is 407 g/mol. The minimum atomic E-state index is -0.578. The van der Waals surface area contributed by atoms with E-state index in [0.717, 1.165) is 6.07 Å². The Bertz CT molecular complexity index is 1420. The zero-order valence-corrected chi connectivity index (χ0v) is 16.0. The van der Waals surface area contributed by atoms with Crippen molar-refractivity contribution in [2.24, 2.45) is 0 Å². The fraction of sp³-hybridized carbons (Fsp3) is 0. The van der Waals surface area contributed by atoms with Gasteiger partial charge in [0.2, 0.25) is 0 Å². The SMILES string of the molecule is N#Cc1cccnc1C(O)=Cc1nc2ccc(F)cc2c(=O)n1-c1ccccc1Cl. The first-order valence-corrected chi connectivity index (χ1v) is 9.11.